The number of hydrogen-bond acceptors (Lipinski definition) is 4. The maximum Gasteiger partial charge on any atom is 0.336 e. The highest BCUT2D eigenvalue weighted by molar-refractivity contribution is 6.18. The molecule has 24 heavy (non-hydrogen) atoms. The largest absolute Gasteiger partial charge is 0.493 e. The van der Waals surface area contributed by atoms with Crippen molar-refractivity contribution >= 4 is 27.5 Å². The van der Waals surface area contributed by atoms with Crippen LogP contribution in [0.5, 0.6) is 17.2 Å². The van der Waals surface area contributed by atoms with Gasteiger partial charge in [-0.1, -0.05) is 12.1 Å². The van der Waals surface area contributed by atoms with Crippen molar-refractivity contribution in [2.24, 2.45) is 0 Å². The van der Waals surface area contributed by atoms with Crippen LogP contribution in [-0.2, 0) is 0 Å². The van der Waals surface area contributed by atoms with Crippen LogP contribution < -0.4 is 14.2 Å². The van der Waals surface area contributed by atoms with E-state index in [1.165, 1.54) is 7.11 Å². The molecule has 3 aromatic rings. The van der Waals surface area contributed by atoms with Crippen molar-refractivity contribution < 1.29 is 24.1 Å². The minimum absolute atomic E-state index is 0.246. The summed E-state index contributed by atoms with van der Waals surface area (Å²) in [7, 11) is 4.63. The summed E-state index contributed by atoms with van der Waals surface area (Å²) in [5, 5.41) is 12.7. The maximum atomic E-state index is 11.7. The molecular weight excluding hydrogens is 308 g/mol. The molecule has 0 amide bonds. The summed E-state index contributed by atoms with van der Waals surface area (Å²) in [5.41, 5.74) is 1.25. The Bertz CT molecular complexity index is 959. The number of aromatic carboxylic acids is 1. The summed E-state index contributed by atoms with van der Waals surface area (Å²) >= 11 is 0. The molecule has 0 unspecified atom stereocenters. The highest BCUT2D eigenvalue weighted by Crippen LogP contribution is 2.46. The van der Waals surface area contributed by atoms with Gasteiger partial charge in [-0.3, -0.25) is 0 Å². The van der Waals surface area contributed by atoms with Crippen molar-refractivity contribution in [2.45, 2.75) is 6.92 Å². The van der Waals surface area contributed by atoms with Crippen LogP contribution >= 0.6 is 0 Å². The van der Waals surface area contributed by atoms with E-state index in [0.29, 0.717) is 22.6 Å². The molecule has 0 atom stereocenters. The maximum absolute atomic E-state index is 11.7. The molecule has 0 spiro atoms. The van der Waals surface area contributed by atoms with Crippen LogP contribution in [0.15, 0.2) is 30.3 Å². The van der Waals surface area contributed by atoms with E-state index in [-0.39, 0.29) is 5.56 Å². The van der Waals surface area contributed by atoms with Crippen molar-refractivity contribution in [3.8, 4) is 17.2 Å². The van der Waals surface area contributed by atoms with Gasteiger partial charge in [0.1, 0.15) is 0 Å². The van der Waals surface area contributed by atoms with E-state index < -0.39 is 5.97 Å². The van der Waals surface area contributed by atoms with Gasteiger partial charge in [0.15, 0.2) is 11.5 Å². The fourth-order valence-electron chi connectivity index (χ4n) is 3.12. The zero-order valence-corrected chi connectivity index (χ0v) is 14.0. The Labute approximate surface area is 139 Å². The quantitative estimate of drug-likeness (QED) is 0.733. The van der Waals surface area contributed by atoms with Crippen LogP contribution in [0.2, 0.25) is 0 Å². The van der Waals surface area contributed by atoms with E-state index in [1.54, 1.807) is 26.4 Å². The van der Waals surface area contributed by atoms with Gasteiger partial charge in [0.2, 0.25) is 5.75 Å². The molecule has 5 nitrogen and oxygen atoms in total. The van der Waals surface area contributed by atoms with Gasteiger partial charge in [-0.15, -0.1) is 0 Å². The summed E-state index contributed by atoms with van der Waals surface area (Å²) in [5.74, 6) is 0.524. The molecule has 0 saturated heterocycles. The minimum atomic E-state index is -0.971. The molecule has 3 rings (SSSR count). The van der Waals surface area contributed by atoms with Crippen LogP contribution in [0, 0.1) is 6.92 Å². The molecule has 1 N–H and O–H groups in total. The first-order valence-corrected chi connectivity index (χ1v) is 7.41. The van der Waals surface area contributed by atoms with E-state index >= 15 is 0 Å². The summed E-state index contributed by atoms with van der Waals surface area (Å²) in [6.45, 7) is 1.96. The van der Waals surface area contributed by atoms with E-state index in [1.807, 2.05) is 25.1 Å². The zero-order chi connectivity index (χ0) is 17.4. The third kappa shape index (κ3) is 2.21. The first kappa shape index (κ1) is 15.9. The second-order valence-electron chi connectivity index (χ2n) is 5.46. The number of benzene rings is 3. The topological polar surface area (TPSA) is 65.0 Å². The molecule has 0 aliphatic carbocycles. The van der Waals surface area contributed by atoms with Crippen molar-refractivity contribution in [1.82, 2.24) is 0 Å². The lowest BCUT2D eigenvalue weighted by Gasteiger charge is -2.17. The van der Waals surface area contributed by atoms with Crippen molar-refractivity contribution in [2.75, 3.05) is 21.3 Å². The minimum Gasteiger partial charge on any atom is -0.493 e. The lowest BCUT2D eigenvalue weighted by Crippen LogP contribution is -2.00. The standard InChI is InChI=1S/C19H18O5/c1-10-5-6-13(19(20)21)16-11(10)7-8-12-14(16)9-15(22-2)18(24-4)17(12)23-3/h5-9H,1-4H3,(H,20,21). The number of ether oxygens (including phenoxy) is 3. The Morgan fingerprint density at radius 2 is 1.54 bits per heavy atom. The van der Waals surface area contributed by atoms with Gasteiger partial charge in [-0.05, 0) is 41.5 Å². The van der Waals surface area contributed by atoms with Crippen LogP contribution in [0.25, 0.3) is 21.5 Å². The average molecular weight is 326 g/mol. The Morgan fingerprint density at radius 3 is 2.12 bits per heavy atom. The van der Waals surface area contributed by atoms with Crippen LogP contribution in [0.4, 0.5) is 0 Å². The molecular formula is C19H18O5. The third-order valence-corrected chi connectivity index (χ3v) is 4.25. The molecule has 0 saturated carbocycles. The number of rotatable bonds is 4. The fraction of sp³-hybridized carbons (Fsp3) is 0.211. The van der Waals surface area contributed by atoms with E-state index in [0.717, 1.165) is 21.7 Å². The molecule has 3 aromatic carbocycles. The predicted molar refractivity (Wildman–Crippen MR) is 92.8 cm³/mol. The van der Waals surface area contributed by atoms with Gasteiger partial charge in [-0.2, -0.15) is 0 Å². The van der Waals surface area contributed by atoms with Gasteiger partial charge in [-0.25, -0.2) is 4.79 Å². The van der Waals surface area contributed by atoms with Crippen LogP contribution in [0.1, 0.15) is 15.9 Å². The van der Waals surface area contributed by atoms with Crippen LogP contribution in [0.3, 0.4) is 0 Å². The van der Waals surface area contributed by atoms with Crippen LogP contribution in [-0.4, -0.2) is 32.4 Å². The van der Waals surface area contributed by atoms with Gasteiger partial charge in [0.25, 0.3) is 0 Å². The Kier molecular flexibility index (Phi) is 3.93. The second kappa shape index (κ2) is 5.92. The lowest BCUT2D eigenvalue weighted by atomic mass is 9.94. The first-order chi connectivity index (χ1) is 11.5. The second-order valence-corrected chi connectivity index (χ2v) is 5.46. The normalized spacial score (nSPS) is 10.8. The number of hydrogen-bond donors (Lipinski definition) is 1. The monoisotopic (exact) mass is 326 g/mol. The van der Waals surface area contributed by atoms with Gasteiger partial charge < -0.3 is 19.3 Å². The highest BCUT2D eigenvalue weighted by atomic mass is 16.5. The van der Waals surface area contributed by atoms with Gasteiger partial charge in [0.05, 0.1) is 26.9 Å². The lowest BCUT2D eigenvalue weighted by molar-refractivity contribution is 0.0699. The Morgan fingerprint density at radius 1 is 0.875 bits per heavy atom. The summed E-state index contributed by atoms with van der Waals surface area (Å²) in [4.78, 5) is 11.7. The molecule has 0 heterocycles. The van der Waals surface area contributed by atoms with Crippen molar-refractivity contribution in [1.29, 1.82) is 0 Å². The van der Waals surface area contributed by atoms with E-state index in [4.69, 9.17) is 14.2 Å². The SMILES string of the molecule is COc1cc2c(ccc3c(C)ccc(C(=O)O)c32)c(OC)c1OC. The average Bonchev–Trinajstić information content (AvgIpc) is 2.59. The number of aryl methyl sites for hydroxylation is 1. The smallest absolute Gasteiger partial charge is 0.336 e. The summed E-state index contributed by atoms with van der Waals surface area (Å²) < 4.78 is 16.3. The molecule has 5 heteroatoms. The number of methoxy groups -OCH3 is 3. The van der Waals surface area contributed by atoms with E-state index in [9.17, 15) is 9.90 Å². The molecule has 0 aromatic heterocycles. The highest BCUT2D eigenvalue weighted by Gasteiger charge is 2.20. The van der Waals surface area contributed by atoms with Crippen molar-refractivity contribution in [3.63, 3.8) is 0 Å². The molecule has 124 valence electrons. The molecule has 0 radical (unpaired) electrons. The molecule has 0 aliphatic heterocycles. The molecule has 0 bridgehead atoms. The zero-order valence-electron chi connectivity index (χ0n) is 14.0. The molecule has 0 aliphatic rings. The van der Waals surface area contributed by atoms with E-state index in [2.05, 4.69) is 0 Å². The van der Waals surface area contributed by atoms with Gasteiger partial charge >= 0.3 is 5.97 Å². The predicted octanol–water partition coefficient (Wildman–Crippen LogP) is 4.03. The Balaban J connectivity index is 2.60. The fourth-order valence-corrected chi connectivity index (χ4v) is 3.12. The number of carbonyl (C=O) groups is 1. The summed E-state index contributed by atoms with van der Waals surface area (Å²) in [6, 6.07) is 9.06. The number of carboxylic acid groups (broad SMARTS) is 1. The number of fused-ring (bicyclic) bond motifs is 3. The van der Waals surface area contributed by atoms with Crippen molar-refractivity contribution in [3.05, 3.63) is 41.5 Å². The first-order valence-electron chi connectivity index (χ1n) is 7.41. The summed E-state index contributed by atoms with van der Waals surface area (Å²) in [6.07, 6.45) is 0. The Hall–Kier alpha value is -2.95. The third-order valence-electron chi connectivity index (χ3n) is 4.25. The van der Waals surface area contributed by atoms with Gasteiger partial charge in [0, 0.05) is 10.8 Å². The molecule has 0 fully saturated rings. The number of carboxylic acids is 1.